The topological polar surface area (TPSA) is 87.3 Å². The van der Waals surface area contributed by atoms with Gasteiger partial charge in [-0.1, -0.05) is 0 Å². The van der Waals surface area contributed by atoms with Crippen molar-refractivity contribution in [3.63, 3.8) is 0 Å². The third-order valence-electron chi connectivity index (χ3n) is 2.58. The molecular formula is C13H13N3O3. The molecule has 19 heavy (non-hydrogen) atoms. The van der Waals surface area contributed by atoms with Gasteiger partial charge in [0.15, 0.2) is 12.1 Å². The molecule has 1 aromatic heterocycles. The molecule has 0 aliphatic rings. The second-order valence-electron chi connectivity index (χ2n) is 3.75. The molecule has 0 unspecified atom stereocenters. The van der Waals surface area contributed by atoms with Gasteiger partial charge in [0.05, 0.1) is 19.8 Å². The lowest BCUT2D eigenvalue weighted by Crippen LogP contribution is -2.01. The van der Waals surface area contributed by atoms with E-state index in [2.05, 4.69) is 9.97 Å². The summed E-state index contributed by atoms with van der Waals surface area (Å²) >= 11 is 0. The number of aromatic nitrogens is 2. The molecule has 6 heteroatoms. The quantitative estimate of drug-likeness (QED) is 0.838. The van der Waals surface area contributed by atoms with Crippen molar-refractivity contribution in [1.82, 2.24) is 9.97 Å². The van der Waals surface area contributed by atoms with E-state index >= 15 is 0 Å². The largest absolute Gasteiger partial charge is 0.497 e. The fourth-order valence-corrected chi connectivity index (χ4v) is 1.57. The van der Waals surface area contributed by atoms with Crippen molar-refractivity contribution in [2.45, 2.75) is 0 Å². The summed E-state index contributed by atoms with van der Waals surface area (Å²) in [6, 6.07) is 5.27. The smallest absolute Gasteiger partial charge is 0.161 e. The van der Waals surface area contributed by atoms with Crippen LogP contribution >= 0.6 is 0 Å². The van der Waals surface area contributed by atoms with E-state index in [4.69, 9.17) is 15.2 Å². The number of benzene rings is 1. The Balaban J connectivity index is 2.51. The molecular weight excluding hydrogens is 246 g/mol. The van der Waals surface area contributed by atoms with E-state index in [9.17, 15) is 4.79 Å². The first kappa shape index (κ1) is 12.8. The van der Waals surface area contributed by atoms with E-state index in [1.165, 1.54) is 6.20 Å². The van der Waals surface area contributed by atoms with E-state index in [1.807, 2.05) is 0 Å². The van der Waals surface area contributed by atoms with Crippen LogP contribution < -0.4 is 15.2 Å². The lowest BCUT2D eigenvalue weighted by Gasteiger charge is -2.08. The highest BCUT2D eigenvalue weighted by Crippen LogP contribution is 2.28. The second-order valence-corrected chi connectivity index (χ2v) is 3.75. The molecule has 2 N–H and O–H groups in total. The highest BCUT2D eigenvalue weighted by Gasteiger charge is 2.09. The van der Waals surface area contributed by atoms with Gasteiger partial charge >= 0.3 is 0 Å². The maximum atomic E-state index is 10.7. The Hall–Kier alpha value is -2.63. The number of rotatable bonds is 4. The van der Waals surface area contributed by atoms with Gasteiger partial charge in [-0.15, -0.1) is 0 Å². The summed E-state index contributed by atoms with van der Waals surface area (Å²) in [5.74, 6) is 1.79. The van der Waals surface area contributed by atoms with Gasteiger partial charge in [-0.25, -0.2) is 9.97 Å². The first-order chi connectivity index (χ1) is 9.17. The standard InChI is InChI=1S/C13H13N3O3/c1-18-10-3-8(4-11(5-10)19-2)13-15-6-9(7-17)12(14)16-13/h3-7H,1-2H3,(H2,14,15,16). The summed E-state index contributed by atoms with van der Waals surface area (Å²) in [6.07, 6.45) is 2.00. The molecule has 2 aromatic rings. The van der Waals surface area contributed by atoms with Crippen LogP contribution in [0.5, 0.6) is 11.5 Å². The molecule has 0 amide bonds. The van der Waals surface area contributed by atoms with E-state index in [-0.39, 0.29) is 11.4 Å². The van der Waals surface area contributed by atoms with Gasteiger partial charge in [-0.3, -0.25) is 4.79 Å². The van der Waals surface area contributed by atoms with E-state index in [0.29, 0.717) is 29.2 Å². The van der Waals surface area contributed by atoms with Gasteiger partial charge < -0.3 is 15.2 Å². The number of hydrogen-bond donors (Lipinski definition) is 1. The number of nitrogens with zero attached hydrogens (tertiary/aromatic N) is 2. The van der Waals surface area contributed by atoms with E-state index in [1.54, 1.807) is 32.4 Å². The minimum absolute atomic E-state index is 0.141. The summed E-state index contributed by atoms with van der Waals surface area (Å²) in [5, 5.41) is 0. The van der Waals surface area contributed by atoms with Crippen LogP contribution in [0.4, 0.5) is 5.82 Å². The molecule has 0 atom stereocenters. The van der Waals surface area contributed by atoms with Crippen LogP contribution in [-0.4, -0.2) is 30.5 Å². The van der Waals surface area contributed by atoms with Gasteiger partial charge in [0.25, 0.3) is 0 Å². The van der Waals surface area contributed by atoms with Gasteiger partial charge in [0, 0.05) is 17.8 Å². The van der Waals surface area contributed by atoms with E-state index < -0.39 is 0 Å². The van der Waals surface area contributed by atoms with Gasteiger partial charge in [0.1, 0.15) is 17.3 Å². The number of carbonyl (C=O) groups excluding carboxylic acids is 1. The van der Waals surface area contributed by atoms with Crippen LogP contribution in [0, 0.1) is 0 Å². The van der Waals surface area contributed by atoms with Crippen LogP contribution in [0.25, 0.3) is 11.4 Å². The van der Waals surface area contributed by atoms with Crippen molar-refractivity contribution >= 4 is 12.1 Å². The third-order valence-corrected chi connectivity index (χ3v) is 2.58. The SMILES string of the molecule is COc1cc(OC)cc(-c2ncc(C=O)c(N)n2)c1. The number of methoxy groups -OCH3 is 2. The normalized spacial score (nSPS) is 10.0. The number of nitrogens with two attached hydrogens (primary N) is 1. The maximum Gasteiger partial charge on any atom is 0.161 e. The first-order valence-electron chi connectivity index (χ1n) is 5.49. The fraction of sp³-hybridized carbons (Fsp3) is 0.154. The average molecular weight is 259 g/mol. The Morgan fingerprint density at radius 3 is 2.26 bits per heavy atom. The van der Waals surface area contributed by atoms with E-state index in [0.717, 1.165) is 0 Å². The van der Waals surface area contributed by atoms with Gasteiger partial charge in [-0.05, 0) is 12.1 Å². The predicted molar refractivity (Wildman–Crippen MR) is 70.4 cm³/mol. The molecule has 0 aliphatic carbocycles. The maximum absolute atomic E-state index is 10.7. The van der Waals surface area contributed by atoms with Crippen molar-refractivity contribution in [3.8, 4) is 22.9 Å². The Morgan fingerprint density at radius 1 is 1.16 bits per heavy atom. The lowest BCUT2D eigenvalue weighted by atomic mass is 10.2. The van der Waals surface area contributed by atoms with Crippen molar-refractivity contribution in [2.75, 3.05) is 20.0 Å². The van der Waals surface area contributed by atoms with Gasteiger partial charge in [0.2, 0.25) is 0 Å². The summed E-state index contributed by atoms with van der Waals surface area (Å²) in [6.45, 7) is 0. The van der Waals surface area contributed by atoms with Crippen LogP contribution in [0.1, 0.15) is 10.4 Å². The molecule has 1 aromatic carbocycles. The molecule has 0 fully saturated rings. The minimum atomic E-state index is 0.141. The molecule has 0 aliphatic heterocycles. The number of ether oxygens (including phenoxy) is 2. The molecule has 0 bridgehead atoms. The molecule has 6 nitrogen and oxygen atoms in total. The molecule has 0 saturated carbocycles. The van der Waals surface area contributed by atoms with Crippen molar-refractivity contribution in [2.24, 2.45) is 0 Å². The average Bonchev–Trinajstić information content (AvgIpc) is 2.46. The summed E-state index contributed by atoms with van der Waals surface area (Å²) in [4.78, 5) is 18.9. The highest BCUT2D eigenvalue weighted by atomic mass is 16.5. The fourth-order valence-electron chi connectivity index (χ4n) is 1.57. The molecule has 98 valence electrons. The van der Waals surface area contributed by atoms with Crippen molar-refractivity contribution < 1.29 is 14.3 Å². The lowest BCUT2D eigenvalue weighted by molar-refractivity contribution is 0.112. The molecule has 1 heterocycles. The monoisotopic (exact) mass is 259 g/mol. The predicted octanol–water partition coefficient (Wildman–Crippen LogP) is 1.56. The van der Waals surface area contributed by atoms with Crippen LogP contribution in [0.2, 0.25) is 0 Å². The summed E-state index contributed by atoms with van der Waals surface area (Å²) < 4.78 is 10.3. The molecule has 2 rings (SSSR count). The number of nitrogen functional groups attached to an aromatic ring is 1. The van der Waals surface area contributed by atoms with Crippen molar-refractivity contribution in [1.29, 1.82) is 0 Å². The minimum Gasteiger partial charge on any atom is -0.497 e. The Bertz CT molecular complexity index is 592. The zero-order valence-electron chi connectivity index (χ0n) is 10.6. The second kappa shape index (κ2) is 5.34. The number of hydrogen-bond acceptors (Lipinski definition) is 6. The molecule has 0 radical (unpaired) electrons. The third kappa shape index (κ3) is 2.62. The number of aldehydes is 1. The zero-order valence-corrected chi connectivity index (χ0v) is 10.6. The Labute approximate surface area is 110 Å². The summed E-state index contributed by atoms with van der Waals surface area (Å²) in [5.41, 5.74) is 6.62. The highest BCUT2D eigenvalue weighted by molar-refractivity contribution is 5.81. The molecule has 0 spiro atoms. The van der Waals surface area contributed by atoms with Gasteiger partial charge in [-0.2, -0.15) is 0 Å². The molecule has 0 saturated heterocycles. The number of anilines is 1. The summed E-state index contributed by atoms with van der Waals surface area (Å²) in [7, 11) is 3.12. The van der Waals surface area contributed by atoms with Crippen LogP contribution in [-0.2, 0) is 0 Å². The zero-order chi connectivity index (χ0) is 13.8. The Morgan fingerprint density at radius 2 is 1.79 bits per heavy atom. The van der Waals surface area contributed by atoms with Crippen molar-refractivity contribution in [3.05, 3.63) is 30.0 Å². The van der Waals surface area contributed by atoms with Crippen LogP contribution in [0.15, 0.2) is 24.4 Å². The Kier molecular flexibility index (Phi) is 3.61. The first-order valence-corrected chi connectivity index (χ1v) is 5.49. The number of carbonyl (C=O) groups is 1. The van der Waals surface area contributed by atoms with Crippen LogP contribution in [0.3, 0.4) is 0 Å².